The SMILES string of the molecule is CCC(C)S(=O)C1CCCC(C)(C)C1N. The molecule has 0 amide bonds. The summed E-state index contributed by atoms with van der Waals surface area (Å²) >= 11 is 0. The molecule has 0 radical (unpaired) electrons. The molecule has 2 nitrogen and oxygen atoms in total. The maximum Gasteiger partial charge on any atom is 0.0506 e. The molecule has 0 spiro atoms. The summed E-state index contributed by atoms with van der Waals surface area (Å²) in [6, 6.07) is 0.0982. The van der Waals surface area contributed by atoms with E-state index in [0.29, 0.717) is 0 Å². The third kappa shape index (κ3) is 2.82. The fourth-order valence-corrected chi connectivity index (χ4v) is 4.31. The molecule has 1 aliphatic carbocycles. The first-order valence-electron chi connectivity index (χ1n) is 6.05. The first kappa shape index (κ1) is 13.2. The van der Waals surface area contributed by atoms with Crippen LogP contribution in [0.4, 0.5) is 0 Å². The molecule has 0 aromatic rings. The van der Waals surface area contributed by atoms with Gasteiger partial charge in [0.25, 0.3) is 0 Å². The van der Waals surface area contributed by atoms with Gasteiger partial charge in [0, 0.05) is 22.1 Å². The number of rotatable bonds is 3. The summed E-state index contributed by atoms with van der Waals surface area (Å²) in [6.45, 7) is 8.59. The molecule has 1 rings (SSSR count). The topological polar surface area (TPSA) is 43.1 Å². The van der Waals surface area contributed by atoms with Gasteiger partial charge < -0.3 is 5.73 Å². The molecule has 0 heterocycles. The highest BCUT2D eigenvalue weighted by Gasteiger charge is 2.40. The van der Waals surface area contributed by atoms with Gasteiger partial charge in [-0.05, 0) is 24.7 Å². The zero-order valence-electron chi connectivity index (χ0n) is 10.5. The Morgan fingerprint density at radius 3 is 2.67 bits per heavy atom. The molecule has 4 atom stereocenters. The Morgan fingerprint density at radius 1 is 1.53 bits per heavy atom. The van der Waals surface area contributed by atoms with Crippen LogP contribution in [0.3, 0.4) is 0 Å². The summed E-state index contributed by atoms with van der Waals surface area (Å²) in [5.74, 6) is 0. The number of hydrogen-bond acceptors (Lipinski definition) is 2. The van der Waals surface area contributed by atoms with E-state index in [0.717, 1.165) is 12.8 Å². The predicted molar refractivity (Wildman–Crippen MR) is 67.3 cm³/mol. The lowest BCUT2D eigenvalue weighted by Crippen LogP contribution is -2.52. The van der Waals surface area contributed by atoms with Crippen molar-refractivity contribution in [2.24, 2.45) is 11.1 Å². The van der Waals surface area contributed by atoms with Crippen LogP contribution >= 0.6 is 0 Å². The highest BCUT2D eigenvalue weighted by Crippen LogP contribution is 2.37. The van der Waals surface area contributed by atoms with Gasteiger partial charge in [-0.15, -0.1) is 0 Å². The van der Waals surface area contributed by atoms with Crippen LogP contribution in [0.1, 0.15) is 53.4 Å². The lowest BCUT2D eigenvalue weighted by Gasteiger charge is -2.42. The fraction of sp³-hybridized carbons (Fsp3) is 1.00. The highest BCUT2D eigenvalue weighted by molar-refractivity contribution is 7.86. The van der Waals surface area contributed by atoms with Crippen LogP contribution in [-0.4, -0.2) is 20.8 Å². The molecule has 0 aromatic heterocycles. The fourth-order valence-electron chi connectivity index (χ4n) is 2.33. The van der Waals surface area contributed by atoms with E-state index < -0.39 is 10.8 Å². The first-order chi connectivity index (χ1) is 6.90. The minimum atomic E-state index is -0.753. The Morgan fingerprint density at radius 2 is 2.13 bits per heavy atom. The standard InChI is InChI=1S/C12H25NOS/c1-5-9(2)15(14)10-7-6-8-12(3,4)11(10)13/h9-11H,5-8,13H2,1-4H3. The molecule has 0 aromatic carbocycles. The summed E-state index contributed by atoms with van der Waals surface area (Å²) in [7, 11) is -0.753. The molecule has 2 N–H and O–H groups in total. The van der Waals surface area contributed by atoms with E-state index in [1.54, 1.807) is 0 Å². The maximum absolute atomic E-state index is 12.3. The van der Waals surface area contributed by atoms with E-state index in [9.17, 15) is 4.21 Å². The zero-order valence-corrected chi connectivity index (χ0v) is 11.3. The Hall–Kier alpha value is 0.110. The van der Waals surface area contributed by atoms with Crippen LogP contribution in [-0.2, 0) is 10.8 Å². The van der Waals surface area contributed by atoms with Gasteiger partial charge >= 0.3 is 0 Å². The normalized spacial score (nSPS) is 34.7. The van der Waals surface area contributed by atoms with Crippen molar-refractivity contribution in [3.63, 3.8) is 0 Å². The van der Waals surface area contributed by atoms with Gasteiger partial charge in [-0.1, -0.05) is 34.1 Å². The maximum atomic E-state index is 12.3. The predicted octanol–water partition coefficient (Wildman–Crippen LogP) is 2.44. The molecule has 0 saturated heterocycles. The summed E-state index contributed by atoms with van der Waals surface area (Å²) < 4.78 is 12.3. The van der Waals surface area contributed by atoms with Gasteiger partial charge in [-0.2, -0.15) is 0 Å². The molecular weight excluding hydrogens is 206 g/mol. The van der Waals surface area contributed by atoms with Gasteiger partial charge in [0.05, 0.1) is 5.25 Å². The van der Waals surface area contributed by atoms with Crippen LogP contribution in [0.25, 0.3) is 0 Å². The van der Waals surface area contributed by atoms with Crippen molar-refractivity contribution in [1.29, 1.82) is 0 Å². The minimum Gasteiger partial charge on any atom is -0.326 e. The van der Waals surface area contributed by atoms with Crippen LogP contribution in [0.5, 0.6) is 0 Å². The number of nitrogens with two attached hydrogens (primary N) is 1. The molecule has 3 heteroatoms. The van der Waals surface area contributed by atoms with Crippen molar-refractivity contribution in [3.05, 3.63) is 0 Å². The third-order valence-corrected chi connectivity index (χ3v) is 6.13. The molecule has 0 bridgehead atoms. The minimum absolute atomic E-state index is 0.0982. The largest absolute Gasteiger partial charge is 0.326 e. The molecular formula is C12H25NOS. The van der Waals surface area contributed by atoms with Crippen molar-refractivity contribution in [3.8, 4) is 0 Å². The van der Waals surface area contributed by atoms with E-state index >= 15 is 0 Å². The first-order valence-corrected chi connectivity index (χ1v) is 7.32. The molecule has 4 unspecified atom stereocenters. The van der Waals surface area contributed by atoms with Crippen LogP contribution in [0.2, 0.25) is 0 Å². The lowest BCUT2D eigenvalue weighted by molar-refractivity contribution is 0.206. The van der Waals surface area contributed by atoms with E-state index in [1.807, 2.05) is 0 Å². The molecule has 0 aliphatic heterocycles. The van der Waals surface area contributed by atoms with Crippen molar-refractivity contribution < 1.29 is 4.21 Å². The highest BCUT2D eigenvalue weighted by atomic mass is 32.2. The van der Waals surface area contributed by atoms with E-state index in [2.05, 4.69) is 27.7 Å². The second kappa shape index (κ2) is 4.96. The van der Waals surface area contributed by atoms with Crippen molar-refractivity contribution in [2.45, 2.75) is 69.9 Å². The van der Waals surface area contributed by atoms with Gasteiger partial charge in [-0.3, -0.25) is 4.21 Å². The molecule has 90 valence electrons. The Balaban J connectivity index is 2.73. The molecule has 1 saturated carbocycles. The van der Waals surface area contributed by atoms with Crippen molar-refractivity contribution in [2.75, 3.05) is 0 Å². The van der Waals surface area contributed by atoms with Crippen LogP contribution in [0, 0.1) is 5.41 Å². The van der Waals surface area contributed by atoms with E-state index in [1.165, 1.54) is 12.8 Å². The van der Waals surface area contributed by atoms with Gasteiger partial charge in [0.2, 0.25) is 0 Å². The van der Waals surface area contributed by atoms with Gasteiger partial charge in [0.15, 0.2) is 0 Å². The Kier molecular flexibility index (Phi) is 4.36. The lowest BCUT2D eigenvalue weighted by atomic mass is 9.73. The average molecular weight is 231 g/mol. The van der Waals surface area contributed by atoms with Gasteiger partial charge in [-0.25, -0.2) is 0 Å². The monoisotopic (exact) mass is 231 g/mol. The smallest absolute Gasteiger partial charge is 0.0506 e. The summed E-state index contributed by atoms with van der Waals surface area (Å²) in [6.07, 6.45) is 4.37. The molecule has 15 heavy (non-hydrogen) atoms. The zero-order chi connectivity index (χ0) is 11.6. The van der Waals surface area contributed by atoms with Gasteiger partial charge in [0.1, 0.15) is 0 Å². The van der Waals surface area contributed by atoms with E-state index in [-0.39, 0.29) is 22.0 Å². The van der Waals surface area contributed by atoms with Crippen molar-refractivity contribution in [1.82, 2.24) is 0 Å². The second-order valence-electron chi connectivity index (χ2n) is 5.49. The molecule has 1 aliphatic rings. The summed E-state index contributed by atoms with van der Waals surface area (Å²) in [4.78, 5) is 0. The Bertz CT molecular complexity index is 240. The van der Waals surface area contributed by atoms with Crippen LogP contribution < -0.4 is 5.73 Å². The Labute approximate surface area is 96.5 Å². The second-order valence-corrected chi connectivity index (χ2v) is 7.56. The van der Waals surface area contributed by atoms with Crippen molar-refractivity contribution >= 4 is 10.8 Å². The summed E-state index contributed by atoms with van der Waals surface area (Å²) in [5.41, 5.74) is 6.42. The molecule has 1 fully saturated rings. The third-order valence-electron chi connectivity index (χ3n) is 3.88. The average Bonchev–Trinajstić information content (AvgIpc) is 2.20. The summed E-state index contributed by atoms with van der Waals surface area (Å²) in [5, 5.41) is 0.499. The quantitative estimate of drug-likeness (QED) is 0.810. The van der Waals surface area contributed by atoms with E-state index in [4.69, 9.17) is 5.73 Å². The number of hydrogen-bond donors (Lipinski definition) is 1. The van der Waals surface area contributed by atoms with Crippen LogP contribution in [0.15, 0.2) is 0 Å².